The molecule has 19 heavy (non-hydrogen) atoms. The molecule has 3 rings (SSSR count). The number of halogens is 1. The Morgan fingerprint density at radius 3 is 2.74 bits per heavy atom. The highest BCUT2D eigenvalue weighted by molar-refractivity contribution is 6.33. The van der Waals surface area contributed by atoms with E-state index in [-0.39, 0.29) is 11.9 Å². The molecule has 1 atom stereocenters. The third-order valence-electron chi connectivity index (χ3n) is 3.94. The Morgan fingerprint density at radius 2 is 2.05 bits per heavy atom. The molecule has 1 aromatic rings. The number of fused-ring (bicyclic) bond motifs is 1. The van der Waals surface area contributed by atoms with Crippen molar-refractivity contribution in [2.24, 2.45) is 0 Å². The van der Waals surface area contributed by atoms with Crippen LogP contribution < -0.4 is 15.5 Å². The van der Waals surface area contributed by atoms with Crippen LogP contribution >= 0.6 is 11.6 Å². The van der Waals surface area contributed by atoms with E-state index in [1.807, 2.05) is 12.1 Å². The maximum Gasteiger partial charge on any atom is 0.246 e. The molecular formula is C14H18ClN3O. The predicted octanol–water partition coefficient (Wildman–Crippen LogP) is 2.54. The van der Waals surface area contributed by atoms with Gasteiger partial charge in [-0.2, -0.15) is 0 Å². The molecule has 102 valence electrons. The molecule has 0 bridgehead atoms. The largest absolute Gasteiger partial charge is 0.370 e. The molecular weight excluding hydrogens is 262 g/mol. The Labute approximate surface area is 118 Å². The molecule has 0 saturated carbocycles. The lowest BCUT2D eigenvalue weighted by Crippen LogP contribution is -2.29. The number of amides is 1. The number of piperidine rings is 1. The number of nitrogens with one attached hydrogen (secondary N) is 2. The summed E-state index contributed by atoms with van der Waals surface area (Å²) in [6.45, 7) is 2.09. The zero-order valence-corrected chi connectivity index (χ0v) is 11.8. The van der Waals surface area contributed by atoms with E-state index in [2.05, 4.69) is 15.5 Å². The van der Waals surface area contributed by atoms with E-state index in [1.165, 1.54) is 19.3 Å². The zero-order chi connectivity index (χ0) is 13.4. The van der Waals surface area contributed by atoms with Gasteiger partial charge in [-0.3, -0.25) is 4.79 Å². The summed E-state index contributed by atoms with van der Waals surface area (Å²) in [7, 11) is 1.78. The minimum Gasteiger partial charge on any atom is -0.370 e. The van der Waals surface area contributed by atoms with Crippen molar-refractivity contribution in [1.29, 1.82) is 0 Å². The van der Waals surface area contributed by atoms with E-state index in [0.717, 1.165) is 35.1 Å². The third kappa shape index (κ3) is 2.19. The number of benzene rings is 1. The van der Waals surface area contributed by atoms with Crippen molar-refractivity contribution >= 4 is 28.9 Å². The van der Waals surface area contributed by atoms with Crippen LogP contribution in [0.4, 0.5) is 11.4 Å². The number of carbonyl (C=O) groups is 1. The molecule has 0 aromatic heterocycles. The van der Waals surface area contributed by atoms with Gasteiger partial charge in [-0.15, -0.1) is 0 Å². The first-order chi connectivity index (χ1) is 9.20. The normalized spacial score (nSPS) is 22.3. The molecule has 2 aliphatic rings. The first kappa shape index (κ1) is 12.8. The lowest BCUT2D eigenvalue weighted by Gasteiger charge is -2.30. The van der Waals surface area contributed by atoms with Gasteiger partial charge in [0, 0.05) is 24.3 Å². The van der Waals surface area contributed by atoms with Crippen molar-refractivity contribution in [3.8, 4) is 0 Å². The lowest BCUT2D eigenvalue weighted by atomic mass is 10.1. The van der Waals surface area contributed by atoms with Gasteiger partial charge in [0.1, 0.15) is 6.04 Å². The number of rotatable bonds is 2. The highest BCUT2D eigenvalue weighted by Crippen LogP contribution is 2.39. The van der Waals surface area contributed by atoms with Crippen LogP contribution in [0.5, 0.6) is 0 Å². The van der Waals surface area contributed by atoms with Gasteiger partial charge in [0.2, 0.25) is 5.91 Å². The van der Waals surface area contributed by atoms with Crippen LogP contribution in [0.25, 0.3) is 0 Å². The number of carbonyl (C=O) groups excluding carboxylic acids is 1. The molecule has 1 saturated heterocycles. The van der Waals surface area contributed by atoms with Crippen molar-refractivity contribution in [1.82, 2.24) is 5.32 Å². The standard InChI is InChI=1S/C14H18ClN3O/c1-16-13-9-7-10(15)12(8-11(9)17-14(13)19)18-5-3-2-4-6-18/h7-8,13,16H,2-6H2,1H3,(H,17,19). The number of nitrogens with zero attached hydrogens (tertiary/aromatic N) is 1. The maximum atomic E-state index is 11.8. The second kappa shape index (κ2) is 5.02. The summed E-state index contributed by atoms with van der Waals surface area (Å²) in [6, 6.07) is 3.64. The molecule has 2 heterocycles. The fourth-order valence-corrected chi connectivity index (χ4v) is 3.23. The highest BCUT2D eigenvalue weighted by Gasteiger charge is 2.30. The summed E-state index contributed by atoms with van der Waals surface area (Å²) in [5.41, 5.74) is 2.87. The predicted molar refractivity (Wildman–Crippen MR) is 77.9 cm³/mol. The second-order valence-corrected chi connectivity index (χ2v) is 5.56. The second-order valence-electron chi connectivity index (χ2n) is 5.15. The van der Waals surface area contributed by atoms with Crippen molar-refractivity contribution < 1.29 is 4.79 Å². The lowest BCUT2D eigenvalue weighted by molar-refractivity contribution is -0.117. The quantitative estimate of drug-likeness (QED) is 0.874. The molecule has 2 N–H and O–H groups in total. The van der Waals surface area contributed by atoms with Gasteiger partial charge in [0.15, 0.2) is 0 Å². The Kier molecular flexibility index (Phi) is 3.37. The van der Waals surface area contributed by atoms with E-state index in [9.17, 15) is 4.79 Å². The summed E-state index contributed by atoms with van der Waals surface area (Å²) in [4.78, 5) is 14.1. The minimum absolute atomic E-state index is 0.00985. The monoisotopic (exact) mass is 279 g/mol. The Balaban J connectivity index is 1.96. The number of likely N-dealkylation sites (N-methyl/N-ethyl adjacent to an activating group) is 1. The average molecular weight is 280 g/mol. The summed E-state index contributed by atoms with van der Waals surface area (Å²) in [5, 5.41) is 6.66. The van der Waals surface area contributed by atoms with E-state index >= 15 is 0 Å². The fraction of sp³-hybridized carbons (Fsp3) is 0.500. The average Bonchev–Trinajstić information content (AvgIpc) is 2.73. The molecule has 0 spiro atoms. The molecule has 1 unspecified atom stereocenters. The Morgan fingerprint density at radius 1 is 1.32 bits per heavy atom. The van der Waals surface area contributed by atoms with Crippen LogP contribution in [0.1, 0.15) is 30.9 Å². The van der Waals surface area contributed by atoms with Crippen LogP contribution in [-0.2, 0) is 4.79 Å². The first-order valence-corrected chi connectivity index (χ1v) is 7.15. The van der Waals surface area contributed by atoms with Crippen LogP contribution in [0.15, 0.2) is 12.1 Å². The van der Waals surface area contributed by atoms with Crippen molar-refractivity contribution in [2.45, 2.75) is 25.3 Å². The first-order valence-electron chi connectivity index (χ1n) is 6.77. The molecule has 0 aliphatic carbocycles. The molecule has 1 aromatic carbocycles. The van der Waals surface area contributed by atoms with E-state index in [0.29, 0.717) is 0 Å². The Bertz CT molecular complexity index is 512. The maximum absolute atomic E-state index is 11.8. The minimum atomic E-state index is -0.289. The topological polar surface area (TPSA) is 44.4 Å². The van der Waals surface area contributed by atoms with Gasteiger partial charge in [-0.1, -0.05) is 11.6 Å². The van der Waals surface area contributed by atoms with Crippen molar-refractivity contribution in [2.75, 3.05) is 30.4 Å². The summed E-state index contributed by atoms with van der Waals surface area (Å²) in [6.07, 6.45) is 3.70. The number of hydrogen-bond acceptors (Lipinski definition) is 3. The van der Waals surface area contributed by atoms with Crippen molar-refractivity contribution in [3.05, 3.63) is 22.7 Å². The molecule has 5 heteroatoms. The zero-order valence-electron chi connectivity index (χ0n) is 11.0. The van der Waals surface area contributed by atoms with Crippen LogP contribution in [0.3, 0.4) is 0 Å². The fourth-order valence-electron chi connectivity index (χ4n) is 2.93. The summed E-state index contributed by atoms with van der Waals surface area (Å²) in [5.74, 6) is -0.00985. The molecule has 1 fully saturated rings. The summed E-state index contributed by atoms with van der Waals surface area (Å²) >= 11 is 6.40. The van der Waals surface area contributed by atoms with Crippen molar-refractivity contribution in [3.63, 3.8) is 0 Å². The van der Waals surface area contributed by atoms with Crippen LogP contribution in [0.2, 0.25) is 5.02 Å². The molecule has 0 radical (unpaired) electrons. The number of hydrogen-bond donors (Lipinski definition) is 2. The van der Waals surface area contributed by atoms with Gasteiger partial charge >= 0.3 is 0 Å². The highest BCUT2D eigenvalue weighted by atomic mass is 35.5. The Hall–Kier alpha value is -1.26. The summed E-state index contributed by atoms with van der Waals surface area (Å²) < 4.78 is 0. The van der Waals surface area contributed by atoms with Gasteiger partial charge < -0.3 is 15.5 Å². The van der Waals surface area contributed by atoms with Gasteiger partial charge in [-0.05, 0) is 38.4 Å². The van der Waals surface area contributed by atoms with Gasteiger partial charge in [-0.25, -0.2) is 0 Å². The SMILES string of the molecule is CNC1C(=O)Nc2cc(N3CCCCC3)c(Cl)cc21. The van der Waals surface area contributed by atoms with E-state index in [4.69, 9.17) is 11.6 Å². The van der Waals surface area contributed by atoms with Gasteiger partial charge in [0.25, 0.3) is 0 Å². The van der Waals surface area contributed by atoms with Gasteiger partial charge in [0.05, 0.1) is 10.7 Å². The smallest absolute Gasteiger partial charge is 0.246 e. The molecule has 4 nitrogen and oxygen atoms in total. The molecule has 2 aliphatic heterocycles. The number of anilines is 2. The van der Waals surface area contributed by atoms with E-state index in [1.54, 1.807) is 7.05 Å². The van der Waals surface area contributed by atoms with Crippen LogP contribution in [0, 0.1) is 0 Å². The van der Waals surface area contributed by atoms with Crippen LogP contribution in [-0.4, -0.2) is 26.0 Å². The van der Waals surface area contributed by atoms with E-state index < -0.39 is 0 Å². The third-order valence-corrected chi connectivity index (χ3v) is 4.24. The molecule has 1 amide bonds.